The predicted molar refractivity (Wildman–Crippen MR) is 79.7 cm³/mol. The summed E-state index contributed by atoms with van der Waals surface area (Å²) in [5, 5.41) is 0. The zero-order valence-electron chi connectivity index (χ0n) is 12.1. The predicted octanol–water partition coefficient (Wildman–Crippen LogP) is 3.02. The van der Waals surface area contributed by atoms with Gasteiger partial charge in [-0.05, 0) is 50.5 Å². The van der Waals surface area contributed by atoms with Crippen LogP contribution in [0.15, 0.2) is 30.3 Å². The summed E-state index contributed by atoms with van der Waals surface area (Å²) >= 11 is 0. The molecule has 1 aromatic carbocycles. The van der Waals surface area contributed by atoms with Crippen molar-refractivity contribution < 1.29 is 0 Å². The normalized spacial score (nSPS) is 39.2. The third kappa shape index (κ3) is 2.56. The second-order valence-corrected chi connectivity index (χ2v) is 6.64. The van der Waals surface area contributed by atoms with Crippen LogP contribution in [-0.4, -0.2) is 23.0 Å². The Morgan fingerprint density at radius 3 is 2.58 bits per heavy atom. The highest BCUT2D eigenvalue weighted by atomic mass is 15.2. The summed E-state index contributed by atoms with van der Waals surface area (Å²) in [6, 6.07) is 12.7. The van der Waals surface area contributed by atoms with Crippen molar-refractivity contribution in [1.82, 2.24) is 4.90 Å². The SMILES string of the molecule is C[C@@H]1CC2CC(N)CC2[C@H](C)N1Cc1ccccc1. The summed E-state index contributed by atoms with van der Waals surface area (Å²) < 4.78 is 0. The maximum Gasteiger partial charge on any atom is 0.0239 e. The van der Waals surface area contributed by atoms with Crippen LogP contribution in [0.1, 0.15) is 38.7 Å². The summed E-state index contributed by atoms with van der Waals surface area (Å²) in [5.41, 5.74) is 7.61. The lowest BCUT2D eigenvalue weighted by Gasteiger charge is -2.46. The number of hydrogen-bond acceptors (Lipinski definition) is 2. The van der Waals surface area contributed by atoms with Crippen LogP contribution >= 0.6 is 0 Å². The van der Waals surface area contributed by atoms with E-state index in [9.17, 15) is 0 Å². The molecule has 0 radical (unpaired) electrons. The third-order valence-electron chi connectivity index (χ3n) is 5.35. The van der Waals surface area contributed by atoms with Gasteiger partial charge in [0.15, 0.2) is 0 Å². The van der Waals surface area contributed by atoms with Crippen molar-refractivity contribution >= 4 is 0 Å². The fourth-order valence-corrected chi connectivity index (χ4v) is 4.38. The number of fused-ring (bicyclic) bond motifs is 1. The van der Waals surface area contributed by atoms with Crippen LogP contribution in [-0.2, 0) is 6.54 Å². The van der Waals surface area contributed by atoms with Crippen molar-refractivity contribution in [1.29, 1.82) is 0 Å². The van der Waals surface area contributed by atoms with Crippen LogP contribution in [0.4, 0.5) is 0 Å². The first kappa shape index (κ1) is 13.1. The summed E-state index contributed by atoms with van der Waals surface area (Å²) in [7, 11) is 0. The van der Waals surface area contributed by atoms with E-state index >= 15 is 0 Å². The Balaban J connectivity index is 1.74. The lowest BCUT2D eigenvalue weighted by molar-refractivity contribution is 0.0239. The fraction of sp³-hybridized carbons (Fsp3) is 0.647. The second kappa shape index (κ2) is 5.26. The Morgan fingerprint density at radius 1 is 1.11 bits per heavy atom. The smallest absolute Gasteiger partial charge is 0.0239 e. The highest BCUT2D eigenvalue weighted by molar-refractivity contribution is 5.15. The number of benzene rings is 1. The molecule has 2 heteroatoms. The van der Waals surface area contributed by atoms with Gasteiger partial charge in [-0.25, -0.2) is 0 Å². The van der Waals surface area contributed by atoms with Crippen LogP contribution in [0, 0.1) is 11.8 Å². The lowest BCUT2D eigenvalue weighted by atomic mass is 9.79. The maximum atomic E-state index is 6.18. The van der Waals surface area contributed by atoms with E-state index in [2.05, 4.69) is 49.1 Å². The molecule has 2 N–H and O–H groups in total. The third-order valence-corrected chi connectivity index (χ3v) is 5.35. The average molecular weight is 258 g/mol. The van der Waals surface area contributed by atoms with Gasteiger partial charge in [0.1, 0.15) is 0 Å². The molecule has 3 unspecified atom stereocenters. The van der Waals surface area contributed by atoms with Crippen molar-refractivity contribution in [2.45, 2.75) is 57.8 Å². The first-order valence-electron chi connectivity index (χ1n) is 7.70. The lowest BCUT2D eigenvalue weighted by Crippen LogP contribution is -2.50. The number of nitrogens with zero attached hydrogens (tertiary/aromatic N) is 1. The highest BCUT2D eigenvalue weighted by Gasteiger charge is 2.43. The van der Waals surface area contributed by atoms with Crippen LogP contribution in [0.25, 0.3) is 0 Å². The minimum atomic E-state index is 0.446. The molecule has 1 aliphatic carbocycles. The zero-order valence-corrected chi connectivity index (χ0v) is 12.1. The largest absolute Gasteiger partial charge is 0.328 e. The first-order valence-corrected chi connectivity index (χ1v) is 7.70. The molecule has 0 spiro atoms. The molecule has 0 amide bonds. The van der Waals surface area contributed by atoms with Crippen molar-refractivity contribution in [2.24, 2.45) is 17.6 Å². The summed E-state index contributed by atoms with van der Waals surface area (Å²) in [5.74, 6) is 1.68. The average Bonchev–Trinajstić information content (AvgIpc) is 2.76. The van der Waals surface area contributed by atoms with Gasteiger partial charge >= 0.3 is 0 Å². The van der Waals surface area contributed by atoms with Gasteiger partial charge in [0.25, 0.3) is 0 Å². The van der Waals surface area contributed by atoms with E-state index in [0.29, 0.717) is 18.1 Å². The standard InChI is InChI=1S/C17H26N2/c1-12-8-15-9-16(18)10-17(15)13(2)19(12)11-14-6-4-3-5-7-14/h3-7,12-13,15-17H,8-11,18H2,1-2H3/t12-,13+,15?,16?,17?/m1/s1. The molecule has 2 nitrogen and oxygen atoms in total. The van der Waals surface area contributed by atoms with Crippen molar-refractivity contribution in [3.63, 3.8) is 0 Å². The Kier molecular flexibility index (Phi) is 3.64. The molecule has 1 aromatic rings. The van der Waals surface area contributed by atoms with Gasteiger partial charge in [0, 0.05) is 24.7 Å². The molecule has 19 heavy (non-hydrogen) atoms. The number of rotatable bonds is 2. The molecule has 104 valence electrons. The van der Waals surface area contributed by atoms with E-state index in [1.54, 1.807) is 0 Å². The Morgan fingerprint density at radius 2 is 1.84 bits per heavy atom. The minimum Gasteiger partial charge on any atom is -0.328 e. The molecule has 1 saturated heterocycles. The minimum absolute atomic E-state index is 0.446. The van der Waals surface area contributed by atoms with E-state index in [-0.39, 0.29) is 0 Å². The van der Waals surface area contributed by atoms with E-state index in [4.69, 9.17) is 5.73 Å². The van der Waals surface area contributed by atoms with Gasteiger partial charge in [-0.15, -0.1) is 0 Å². The summed E-state index contributed by atoms with van der Waals surface area (Å²) in [4.78, 5) is 2.69. The summed E-state index contributed by atoms with van der Waals surface area (Å²) in [6.07, 6.45) is 3.80. The molecule has 3 rings (SSSR count). The van der Waals surface area contributed by atoms with E-state index in [0.717, 1.165) is 18.4 Å². The first-order chi connectivity index (χ1) is 9.15. The zero-order chi connectivity index (χ0) is 13.4. The molecule has 1 heterocycles. The Bertz CT molecular complexity index is 417. The number of nitrogens with two attached hydrogens (primary N) is 1. The van der Waals surface area contributed by atoms with Crippen LogP contribution in [0.2, 0.25) is 0 Å². The topological polar surface area (TPSA) is 29.3 Å². The van der Waals surface area contributed by atoms with Crippen molar-refractivity contribution in [3.05, 3.63) is 35.9 Å². The quantitative estimate of drug-likeness (QED) is 0.883. The van der Waals surface area contributed by atoms with Gasteiger partial charge < -0.3 is 5.73 Å². The number of piperidine rings is 1. The number of hydrogen-bond donors (Lipinski definition) is 1. The Labute approximate surface area is 117 Å². The molecule has 1 aliphatic heterocycles. The van der Waals surface area contributed by atoms with E-state index < -0.39 is 0 Å². The molecule has 2 aliphatic rings. The number of likely N-dealkylation sites (tertiary alicyclic amines) is 1. The van der Waals surface area contributed by atoms with Gasteiger partial charge in [-0.2, -0.15) is 0 Å². The Hall–Kier alpha value is -0.860. The van der Waals surface area contributed by atoms with Crippen molar-refractivity contribution in [3.8, 4) is 0 Å². The maximum absolute atomic E-state index is 6.18. The monoisotopic (exact) mass is 258 g/mol. The molecule has 1 saturated carbocycles. The molecular weight excluding hydrogens is 232 g/mol. The molecule has 2 fully saturated rings. The van der Waals surface area contributed by atoms with Gasteiger partial charge in [0.2, 0.25) is 0 Å². The molecular formula is C17H26N2. The second-order valence-electron chi connectivity index (χ2n) is 6.64. The summed E-state index contributed by atoms with van der Waals surface area (Å²) in [6.45, 7) is 5.88. The highest BCUT2D eigenvalue weighted by Crippen LogP contribution is 2.43. The molecule has 5 atom stereocenters. The molecule has 0 bridgehead atoms. The van der Waals surface area contributed by atoms with E-state index in [1.165, 1.54) is 24.8 Å². The van der Waals surface area contributed by atoms with Gasteiger partial charge in [-0.1, -0.05) is 30.3 Å². The van der Waals surface area contributed by atoms with Crippen LogP contribution in [0.5, 0.6) is 0 Å². The van der Waals surface area contributed by atoms with Gasteiger partial charge in [0.05, 0.1) is 0 Å². The van der Waals surface area contributed by atoms with E-state index in [1.807, 2.05) is 0 Å². The fourth-order valence-electron chi connectivity index (χ4n) is 4.38. The van der Waals surface area contributed by atoms with Crippen LogP contribution < -0.4 is 5.73 Å². The van der Waals surface area contributed by atoms with Crippen LogP contribution in [0.3, 0.4) is 0 Å². The van der Waals surface area contributed by atoms with Gasteiger partial charge in [-0.3, -0.25) is 4.90 Å². The molecule has 0 aromatic heterocycles. The van der Waals surface area contributed by atoms with Crippen molar-refractivity contribution in [2.75, 3.05) is 0 Å².